The average Bonchev–Trinajstić information content (AvgIpc) is 3.51. The van der Waals surface area contributed by atoms with Gasteiger partial charge < -0.3 is 29.9 Å². The molecular weight excluding hydrogens is 466 g/mol. The molecule has 1 aliphatic heterocycles. The summed E-state index contributed by atoms with van der Waals surface area (Å²) in [6.45, 7) is 3.23. The van der Waals surface area contributed by atoms with Crippen LogP contribution >= 0.6 is 11.3 Å². The average molecular weight is 496 g/mol. The molecule has 0 saturated carbocycles. The Balaban J connectivity index is 1.09. The first-order valence-electron chi connectivity index (χ1n) is 11.8. The highest BCUT2D eigenvalue weighted by atomic mass is 32.1. The summed E-state index contributed by atoms with van der Waals surface area (Å²) in [5.41, 5.74) is 5.09. The van der Waals surface area contributed by atoms with Crippen LogP contribution in [0.5, 0.6) is 0 Å². The minimum atomic E-state index is -1.12. The van der Waals surface area contributed by atoms with Crippen molar-refractivity contribution in [2.75, 3.05) is 44.4 Å². The van der Waals surface area contributed by atoms with Gasteiger partial charge in [-0.05, 0) is 28.7 Å². The number of carbonyl (C=O) groups excluding carboxylic acids is 1. The van der Waals surface area contributed by atoms with Crippen molar-refractivity contribution < 1.29 is 24.5 Å². The number of fused-ring (bicyclic) bond motifs is 3. The lowest BCUT2D eigenvalue weighted by Gasteiger charge is -2.26. The fourth-order valence-electron chi connectivity index (χ4n) is 4.64. The number of carbonyl (C=O) groups is 1. The number of morpholine rings is 1. The zero-order chi connectivity index (χ0) is 24.2. The van der Waals surface area contributed by atoms with Crippen LogP contribution < -0.4 is 10.2 Å². The van der Waals surface area contributed by atoms with E-state index in [4.69, 9.17) is 9.47 Å². The molecule has 3 aromatic rings. The molecule has 1 fully saturated rings. The SMILES string of the molecule is O=C(NCCC(O)C(O)c1csc(N2CCOCC2)n1)OCC1c2ccccc2-c2ccccc21. The second-order valence-corrected chi connectivity index (χ2v) is 9.54. The largest absolute Gasteiger partial charge is 0.449 e. The molecule has 8 nitrogen and oxygen atoms in total. The van der Waals surface area contributed by atoms with Crippen molar-refractivity contribution in [2.24, 2.45) is 0 Å². The normalized spacial score (nSPS) is 16.9. The number of thiazole rings is 1. The van der Waals surface area contributed by atoms with E-state index in [1.165, 1.54) is 22.5 Å². The Morgan fingerprint density at radius 3 is 2.46 bits per heavy atom. The molecular formula is C26H29N3O5S. The van der Waals surface area contributed by atoms with Gasteiger partial charge in [-0.15, -0.1) is 11.3 Å². The van der Waals surface area contributed by atoms with Crippen LogP contribution in [0.25, 0.3) is 11.1 Å². The summed E-state index contributed by atoms with van der Waals surface area (Å²) < 4.78 is 10.9. The van der Waals surface area contributed by atoms with E-state index in [-0.39, 0.29) is 25.5 Å². The zero-order valence-corrected chi connectivity index (χ0v) is 20.1. The predicted molar refractivity (Wildman–Crippen MR) is 134 cm³/mol. The lowest BCUT2D eigenvalue weighted by molar-refractivity contribution is 0.0115. The first-order chi connectivity index (χ1) is 17.1. The number of anilines is 1. The van der Waals surface area contributed by atoms with Gasteiger partial charge in [-0.1, -0.05) is 48.5 Å². The standard InChI is InChI=1S/C26H29N3O5S/c30-23(24(31)22-16-35-25(28-22)29-11-13-33-14-12-29)9-10-27-26(32)34-15-21-19-7-3-1-5-17(19)18-6-2-4-8-20(18)21/h1-8,16,21,23-24,30-31H,9-15H2,(H,27,32). The van der Waals surface area contributed by atoms with Gasteiger partial charge in [0.05, 0.1) is 25.0 Å². The van der Waals surface area contributed by atoms with Crippen LogP contribution in [0.15, 0.2) is 53.9 Å². The number of aliphatic hydroxyl groups excluding tert-OH is 2. The molecule has 2 heterocycles. The van der Waals surface area contributed by atoms with Gasteiger partial charge in [0.15, 0.2) is 5.13 Å². The number of alkyl carbamates (subject to hydrolysis) is 1. The van der Waals surface area contributed by atoms with E-state index in [9.17, 15) is 15.0 Å². The van der Waals surface area contributed by atoms with Gasteiger partial charge in [-0.2, -0.15) is 0 Å². The van der Waals surface area contributed by atoms with Crippen molar-refractivity contribution in [2.45, 2.75) is 24.5 Å². The first-order valence-corrected chi connectivity index (χ1v) is 12.7. The van der Waals surface area contributed by atoms with E-state index in [0.29, 0.717) is 18.9 Å². The molecule has 35 heavy (non-hydrogen) atoms. The summed E-state index contributed by atoms with van der Waals surface area (Å²) in [6, 6.07) is 16.3. The van der Waals surface area contributed by atoms with Gasteiger partial charge in [-0.25, -0.2) is 9.78 Å². The molecule has 0 spiro atoms. The molecule has 9 heteroatoms. The molecule has 0 bridgehead atoms. The number of hydrogen-bond donors (Lipinski definition) is 3. The molecule has 0 radical (unpaired) electrons. The molecule has 2 unspecified atom stereocenters. The van der Waals surface area contributed by atoms with Crippen molar-refractivity contribution in [3.05, 3.63) is 70.7 Å². The van der Waals surface area contributed by atoms with E-state index in [1.807, 2.05) is 24.3 Å². The molecule has 2 aromatic carbocycles. The number of ether oxygens (including phenoxy) is 2. The summed E-state index contributed by atoms with van der Waals surface area (Å²) in [4.78, 5) is 18.9. The number of rotatable bonds is 8. The Hall–Kier alpha value is -2.98. The van der Waals surface area contributed by atoms with Gasteiger partial charge in [0.1, 0.15) is 12.7 Å². The van der Waals surface area contributed by atoms with Gasteiger partial charge in [0.2, 0.25) is 0 Å². The molecule has 184 valence electrons. The Morgan fingerprint density at radius 2 is 1.77 bits per heavy atom. The van der Waals surface area contributed by atoms with E-state index < -0.39 is 18.3 Å². The number of hydrogen-bond acceptors (Lipinski definition) is 8. The number of nitrogens with zero attached hydrogens (tertiary/aromatic N) is 2. The third kappa shape index (κ3) is 5.18. The van der Waals surface area contributed by atoms with E-state index >= 15 is 0 Å². The smallest absolute Gasteiger partial charge is 0.407 e. The lowest BCUT2D eigenvalue weighted by Crippen LogP contribution is -2.36. The van der Waals surface area contributed by atoms with E-state index in [2.05, 4.69) is 39.5 Å². The predicted octanol–water partition coefficient (Wildman–Crippen LogP) is 3.30. The van der Waals surface area contributed by atoms with Crippen molar-refractivity contribution in [3.8, 4) is 11.1 Å². The molecule has 1 aromatic heterocycles. The summed E-state index contributed by atoms with van der Waals surface area (Å²) in [6.07, 6.45) is -2.54. The summed E-state index contributed by atoms with van der Waals surface area (Å²) in [7, 11) is 0. The quantitative estimate of drug-likeness (QED) is 0.441. The van der Waals surface area contributed by atoms with Crippen LogP contribution in [0.1, 0.15) is 35.3 Å². The van der Waals surface area contributed by atoms with Crippen LogP contribution in [0.2, 0.25) is 0 Å². The molecule has 1 amide bonds. The third-order valence-corrected chi connectivity index (χ3v) is 7.43. The van der Waals surface area contributed by atoms with Crippen LogP contribution in [-0.2, 0) is 9.47 Å². The zero-order valence-electron chi connectivity index (χ0n) is 19.3. The maximum absolute atomic E-state index is 12.3. The summed E-state index contributed by atoms with van der Waals surface area (Å²) in [5, 5.41) is 26.2. The highest BCUT2D eigenvalue weighted by Crippen LogP contribution is 2.44. The lowest BCUT2D eigenvalue weighted by atomic mass is 9.98. The van der Waals surface area contributed by atoms with Crippen molar-refractivity contribution in [1.29, 1.82) is 0 Å². The van der Waals surface area contributed by atoms with Crippen molar-refractivity contribution in [3.63, 3.8) is 0 Å². The van der Waals surface area contributed by atoms with Gasteiger partial charge in [0.25, 0.3) is 0 Å². The van der Waals surface area contributed by atoms with Crippen LogP contribution in [-0.4, -0.2) is 66.8 Å². The Labute approximate surface area is 208 Å². The summed E-state index contributed by atoms with van der Waals surface area (Å²) in [5.74, 6) is -0.00844. The highest BCUT2D eigenvalue weighted by Gasteiger charge is 2.29. The van der Waals surface area contributed by atoms with Crippen LogP contribution in [0, 0.1) is 0 Å². The minimum absolute atomic E-state index is 0.00844. The van der Waals surface area contributed by atoms with Crippen LogP contribution in [0.4, 0.5) is 9.93 Å². The van der Waals surface area contributed by atoms with Crippen molar-refractivity contribution in [1.82, 2.24) is 10.3 Å². The number of benzene rings is 2. The van der Waals surface area contributed by atoms with Gasteiger partial charge in [0, 0.05) is 30.9 Å². The second-order valence-electron chi connectivity index (χ2n) is 8.71. The number of nitrogens with one attached hydrogen (secondary N) is 1. The van der Waals surface area contributed by atoms with E-state index in [1.54, 1.807) is 5.38 Å². The van der Waals surface area contributed by atoms with Gasteiger partial charge >= 0.3 is 6.09 Å². The van der Waals surface area contributed by atoms with E-state index in [0.717, 1.165) is 29.3 Å². The maximum Gasteiger partial charge on any atom is 0.407 e. The van der Waals surface area contributed by atoms with Gasteiger partial charge in [-0.3, -0.25) is 0 Å². The molecule has 3 N–H and O–H groups in total. The Kier molecular flexibility index (Phi) is 7.29. The molecule has 1 aliphatic carbocycles. The molecule has 2 atom stereocenters. The Morgan fingerprint density at radius 1 is 1.11 bits per heavy atom. The molecule has 1 saturated heterocycles. The topological polar surface area (TPSA) is 104 Å². The maximum atomic E-state index is 12.3. The fourth-order valence-corrected chi connectivity index (χ4v) is 5.55. The van der Waals surface area contributed by atoms with Crippen LogP contribution in [0.3, 0.4) is 0 Å². The fraction of sp³-hybridized carbons (Fsp3) is 0.385. The van der Waals surface area contributed by atoms with Crippen molar-refractivity contribution >= 4 is 22.6 Å². The number of aliphatic hydroxyl groups is 2. The second kappa shape index (κ2) is 10.7. The third-order valence-electron chi connectivity index (χ3n) is 6.51. The number of aromatic nitrogens is 1. The molecule has 5 rings (SSSR count). The summed E-state index contributed by atoms with van der Waals surface area (Å²) >= 11 is 1.44. The molecule has 2 aliphatic rings. The minimum Gasteiger partial charge on any atom is -0.449 e. The first kappa shape index (κ1) is 23.7. The monoisotopic (exact) mass is 495 g/mol. The number of amides is 1. The highest BCUT2D eigenvalue weighted by molar-refractivity contribution is 7.13. The Bertz CT molecular complexity index is 1120.